The summed E-state index contributed by atoms with van der Waals surface area (Å²) in [6.07, 6.45) is 5.62. The fourth-order valence-corrected chi connectivity index (χ4v) is 1.74. The Morgan fingerprint density at radius 1 is 1.47 bits per heavy atom. The number of hydrogen-bond acceptors (Lipinski definition) is 3. The van der Waals surface area contributed by atoms with Crippen molar-refractivity contribution >= 4 is 5.82 Å². The van der Waals surface area contributed by atoms with Gasteiger partial charge in [0.15, 0.2) is 0 Å². The van der Waals surface area contributed by atoms with Crippen LogP contribution in [0.1, 0.15) is 18.4 Å². The van der Waals surface area contributed by atoms with Crippen LogP contribution < -0.4 is 10.6 Å². The van der Waals surface area contributed by atoms with Crippen LogP contribution in [0.15, 0.2) is 18.3 Å². The molecule has 1 fully saturated rings. The third kappa shape index (κ3) is 2.93. The van der Waals surface area contributed by atoms with Gasteiger partial charge in [-0.25, -0.2) is 4.98 Å². The highest BCUT2D eigenvalue weighted by Gasteiger charge is 2.23. The van der Waals surface area contributed by atoms with Crippen LogP contribution in [0.5, 0.6) is 0 Å². The predicted octanol–water partition coefficient (Wildman–Crippen LogP) is 1.43. The topological polar surface area (TPSA) is 42.1 Å². The van der Waals surface area contributed by atoms with Gasteiger partial charge in [0.2, 0.25) is 0 Å². The van der Waals surface area contributed by atoms with Crippen molar-refractivity contribution in [3.8, 4) is 0 Å². The van der Waals surface area contributed by atoms with E-state index in [4.69, 9.17) is 5.73 Å². The minimum absolute atomic E-state index is 0.693. The van der Waals surface area contributed by atoms with E-state index in [9.17, 15) is 0 Å². The van der Waals surface area contributed by atoms with E-state index in [0.717, 1.165) is 24.7 Å². The molecular weight excluding hydrogens is 186 g/mol. The maximum Gasteiger partial charge on any atom is 0.128 e. The van der Waals surface area contributed by atoms with Crippen molar-refractivity contribution in [3.05, 3.63) is 23.9 Å². The second kappa shape index (κ2) is 4.62. The summed E-state index contributed by atoms with van der Waals surface area (Å²) >= 11 is 0. The fraction of sp³-hybridized carbons (Fsp3) is 0.583. The maximum atomic E-state index is 5.49. The van der Waals surface area contributed by atoms with Crippen molar-refractivity contribution in [1.29, 1.82) is 0 Å². The summed E-state index contributed by atoms with van der Waals surface area (Å²) in [4.78, 5) is 6.69. The van der Waals surface area contributed by atoms with Gasteiger partial charge in [-0.15, -0.1) is 0 Å². The molecule has 0 saturated heterocycles. The van der Waals surface area contributed by atoms with Crippen LogP contribution in [0.2, 0.25) is 0 Å². The number of pyridine rings is 1. The largest absolute Gasteiger partial charge is 0.359 e. The van der Waals surface area contributed by atoms with Crippen LogP contribution in [0, 0.1) is 5.92 Å². The Hall–Kier alpha value is -1.09. The molecule has 0 aliphatic heterocycles. The number of hydrogen-bond donors (Lipinski definition) is 1. The smallest absolute Gasteiger partial charge is 0.128 e. The van der Waals surface area contributed by atoms with Crippen molar-refractivity contribution in [3.63, 3.8) is 0 Å². The standard InChI is InChI=1S/C12H19N3/c1-15(9-11-2-3-11)12-5-4-10(6-7-13)8-14-12/h4-5,8,11H,2-3,6-7,9,13H2,1H3. The van der Waals surface area contributed by atoms with E-state index in [0.29, 0.717) is 6.54 Å². The second-order valence-corrected chi connectivity index (χ2v) is 4.39. The van der Waals surface area contributed by atoms with E-state index < -0.39 is 0 Å². The summed E-state index contributed by atoms with van der Waals surface area (Å²) in [7, 11) is 2.11. The molecule has 1 heterocycles. The molecule has 82 valence electrons. The Balaban J connectivity index is 1.95. The molecule has 0 unspecified atom stereocenters. The van der Waals surface area contributed by atoms with Gasteiger partial charge in [0.1, 0.15) is 5.82 Å². The predicted molar refractivity (Wildman–Crippen MR) is 63.0 cm³/mol. The molecule has 0 spiro atoms. The lowest BCUT2D eigenvalue weighted by Gasteiger charge is -2.17. The number of rotatable bonds is 5. The van der Waals surface area contributed by atoms with Crippen LogP contribution in [0.3, 0.4) is 0 Å². The van der Waals surface area contributed by atoms with E-state index in [1.54, 1.807) is 0 Å². The van der Waals surface area contributed by atoms with Gasteiger partial charge >= 0.3 is 0 Å². The Kier molecular flexibility index (Phi) is 3.21. The summed E-state index contributed by atoms with van der Waals surface area (Å²) in [5.74, 6) is 1.98. The second-order valence-electron chi connectivity index (χ2n) is 4.39. The summed E-state index contributed by atoms with van der Waals surface area (Å²) in [6.45, 7) is 1.84. The minimum atomic E-state index is 0.693. The van der Waals surface area contributed by atoms with Crippen molar-refractivity contribution < 1.29 is 0 Å². The fourth-order valence-electron chi connectivity index (χ4n) is 1.74. The van der Waals surface area contributed by atoms with Crippen LogP contribution >= 0.6 is 0 Å². The SMILES string of the molecule is CN(CC1CC1)c1ccc(CCN)cn1. The molecule has 1 aromatic rings. The Morgan fingerprint density at radius 3 is 2.80 bits per heavy atom. The zero-order valence-corrected chi connectivity index (χ0v) is 9.32. The van der Waals surface area contributed by atoms with Crippen molar-refractivity contribution in [2.75, 3.05) is 25.0 Å². The average Bonchev–Trinajstić information content (AvgIpc) is 3.03. The molecule has 3 nitrogen and oxygen atoms in total. The highest BCUT2D eigenvalue weighted by atomic mass is 15.2. The molecular formula is C12H19N3. The molecule has 2 rings (SSSR count). The normalized spacial score (nSPS) is 15.3. The third-order valence-electron chi connectivity index (χ3n) is 2.86. The Labute approximate surface area is 91.3 Å². The molecule has 1 saturated carbocycles. The van der Waals surface area contributed by atoms with Gasteiger partial charge < -0.3 is 10.6 Å². The molecule has 0 atom stereocenters. The van der Waals surface area contributed by atoms with Gasteiger partial charge in [-0.1, -0.05) is 6.07 Å². The van der Waals surface area contributed by atoms with Crippen molar-refractivity contribution in [1.82, 2.24) is 4.98 Å². The zero-order valence-electron chi connectivity index (χ0n) is 9.32. The first-order valence-corrected chi connectivity index (χ1v) is 5.65. The van der Waals surface area contributed by atoms with E-state index >= 15 is 0 Å². The zero-order chi connectivity index (χ0) is 10.7. The lowest BCUT2D eigenvalue weighted by molar-refractivity contribution is 0.776. The van der Waals surface area contributed by atoms with Crippen LogP contribution in [-0.4, -0.2) is 25.1 Å². The molecule has 1 aliphatic rings. The molecule has 2 N–H and O–H groups in total. The molecule has 0 aromatic carbocycles. The highest BCUT2D eigenvalue weighted by Crippen LogP contribution is 2.30. The summed E-state index contributed by atoms with van der Waals surface area (Å²) in [6, 6.07) is 4.21. The first-order chi connectivity index (χ1) is 7.29. The van der Waals surface area contributed by atoms with Gasteiger partial charge in [-0.2, -0.15) is 0 Å². The highest BCUT2D eigenvalue weighted by molar-refractivity contribution is 5.38. The van der Waals surface area contributed by atoms with E-state index in [1.165, 1.54) is 18.4 Å². The minimum Gasteiger partial charge on any atom is -0.359 e. The molecule has 1 aromatic heterocycles. The van der Waals surface area contributed by atoms with Crippen molar-refractivity contribution in [2.24, 2.45) is 11.7 Å². The molecule has 1 aliphatic carbocycles. The maximum absolute atomic E-state index is 5.49. The number of nitrogens with zero attached hydrogens (tertiary/aromatic N) is 2. The van der Waals surface area contributed by atoms with Gasteiger partial charge in [-0.3, -0.25) is 0 Å². The summed E-state index contributed by atoms with van der Waals surface area (Å²) < 4.78 is 0. The lowest BCUT2D eigenvalue weighted by Crippen LogP contribution is -2.21. The van der Waals surface area contributed by atoms with Gasteiger partial charge in [0, 0.05) is 19.8 Å². The van der Waals surface area contributed by atoms with Gasteiger partial charge in [0.25, 0.3) is 0 Å². The van der Waals surface area contributed by atoms with Crippen LogP contribution in [0.25, 0.3) is 0 Å². The van der Waals surface area contributed by atoms with Gasteiger partial charge in [-0.05, 0) is 43.4 Å². The quantitative estimate of drug-likeness (QED) is 0.790. The van der Waals surface area contributed by atoms with E-state index in [2.05, 4.69) is 29.1 Å². The molecule has 3 heteroatoms. The lowest BCUT2D eigenvalue weighted by atomic mass is 10.2. The Morgan fingerprint density at radius 2 is 2.27 bits per heavy atom. The van der Waals surface area contributed by atoms with Gasteiger partial charge in [0.05, 0.1) is 0 Å². The first-order valence-electron chi connectivity index (χ1n) is 5.65. The third-order valence-corrected chi connectivity index (χ3v) is 2.86. The molecule has 0 amide bonds. The number of anilines is 1. The van der Waals surface area contributed by atoms with Crippen molar-refractivity contribution in [2.45, 2.75) is 19.3 Å². The Bertz CT molecular complexity index is 303. The van der Waals surface area contributed by atoms with E-state index in [1.807, 2.05) is 6.20 Å². The van der Waals surface area contributed by atoms with Crippen LogP contribution in [-0.2, 0) is 6.42 Å². The molecule has 0 radical (unpaired) electrons. The molecule has 15 heavy (non-hydrogen) atoms. The number of nitrogens with two attached hydrogens (primary N) is 1. The first kappa shape index (κ1) is 10.4. The number of aromatic nitrogens is 1. The molecule has 0 bridgehead atoms. The van der Waals surface area contributed by atoms with E-state index in [-0.39, 0.29) is 0 Å². The van der Waals surface area contributed by atoms with Crippen LogP contribution in [0.4, 0.5) is 5.82 Å². The monoisotopic (exact) mass is 205 g/mol. The summed E-state index contributed by atoms with van der Waals surface area (Å²) in [5.41, 5.74) is 6.72. The average molecular weight is 205 g/mol. The summed E-state index contributed by atoms with van der Waals surface area (Å²) in [5, 5.41) is 0.